The van der Waals surface area contributed by atoms with Crippen LogP contribution in [0.25, 0.3) is 0 Å². The van der Waals surface area contributed by atoms with Gasteiger partial charge in [-0.05, 0) is 24.8 Å². The summed E-state index contributed by atoms with van der Waals surface area (Å²) in [6, 6.07) is 11.1. The molecule has 4 rings (SSSR count). The molecule has 1 aromatic heterocycles. The van der Waals surface area contributed by atoms with Gasteiger partial charge in [-0.2, -0.15) is 0 Å². The Morgan fingerprint density at radius 1 is 1.25 bits per heavy atom. The number of nitrogens with zero attached hydrogens (tertiary/aromatic N) is 2. The van der Waals surface area contributed by atoms with Crippen LogP contribution in [0.4, 0.5) is 0 Å². The fourth-order valence-electron chi connectivity index (χ4n) is 3.02. The van der Waals surface area contributed by atoms with Crippen molar-refractivity contribution >= 4 is 11.8 Å². The predicted molar refractivity (Wildman–Crippen MR) is 86.2 cm³/mol. The first-order valence-electron chi connectivity index (χ1n) is 8.31. The average molecular weight is 325 g/mol. The standard InChI is InChI=1S/C18H19N3O3/c22-17(15-10-16(24-20-15)13-6-7-13)19-14-8-9-21(18(14)23)11-12-4-2-1-3-5-12/h1-5,10,13-14H,6-9,11H2,(H,19,22). The Morgan fingerprint density at radius 2 is 2.04 bits per heavy atom. The number of rotatable bonds is 5. The number of hydrogen-bond donors (Lipinski definition) is 1. The summed E-state index contributed by atoms with van der Waals surface area (Å²) in [4.78, 5) is 26.5. The topological polar surface area (TPSA) is 75.4 Å². The molecule has 2 heterocycles. The highest BCUT2D eigenvalue weighted by Crippen LogP contribution is 2.40. The van der Waals surface area contributed by atoms with Crippen molar-refractivity contribution in [1.82, 2.24) is 15.4 Å². The zero-order valence-corrected chi connectivity index (χ0v) is 13.3. The summed E-state index contributed by atoms with van der Waals surface area (Å²) in [6.45, 7) is 1.21. The van der Waals surface area contributed by atoms with Crippen molar-refractivity contribution in [2.45, 2.75) is 37.8 Å². The maximum absolute atomic E-state index is 12.5. The fraction of sp³-hybridized carbons (Fsp3) is 0.389. The van der Waals surface area contributed by atoms with Gasteiger partial charge in [-0.3, -0.25) is 9.59 Å². The highest BCUT2D eigenvalue weighted by Gasteiger charge is 2.34. The third-order valence-corrected chi connectivity index (χ3v) is 4.56. The minimum atomic E-state index is -0.484. The van der Waals surface area contributed by atoms with Crippen molar-refractivity contribution in [3.05, 3.63) is 53.4 Å². The van der Waals surface area contributed by atoms with Gasteiger partial charge in [-0.1, -0.05) is 35.5 Å². The molecule has 1 saturated carbocycles. The van der Waals surface area contributed by atoms with Crippen LogP contribution in [0.15, 0.2) is 40.9 Å². The first-order chi connectivity index (χ1) is 11.7. The van der Waals surface area contributed by atoms with Gasteiger partial charge in [-0.25, -0.2) is 0 Å². The van der Waals surface area contributed by atoms with Crippen LogP contribution in [-0.2, 0) is 11.3 Å². The molecular weight excluding hydrogens is 306 g/mol. The zero-order valence-electron chi connectivity index (χ0n) is 13.3. The molecule has 2 aliphatic rings. The molecule has 0 radical (unpaired) electrons. The van der Waals surface area contributed by atoms with E-state index in [1.165, 1.54) is 0 Å². The Morgan fingerprint density at radius 3 is 2.79 bits per heavy atom. The van der Waals surface area contributed by atoms with Crippen LogP contribution >= 0.6 is 0 Å². The van der Waals surface area contributed by atoms with E-state index in [1.807, 2.05) is 30.3 Å². The molecule has 24 heavy (non-hydrogen) atoms. The molecule has 0 spiro atoms. The van der Waals surface area contributed by atoms with E-state index in [0.717, 1.165) is 24.2 Å². The molecule has 1 atom stereocenters. The predicted octanol–water partition coefficient (Wildman–Crippen LogP) is 2.08. The second-order valence-corrected chi connectivity index (χ2v) is 6.45. The molecule has 124 valence electrons. The summed E-state index contributed by atoms with van der Waals surface area (Å²) in [6.07, 6.45) is 2.79. The van der Waals surface area contributed by atoms with E-state index in [9.17, 15) is 9.59 Å². The van der Waals surface area contributed by atoms with Gasteiger partial charge in [0.2, 0.25) is 5.91 Å². The van der Waals surface area contributed by atoms with Crippen LogP contribution in [-0.4, -0.2) is 34.5 Å². The second-order valence-electron chi connectivity index (χ2n) is 6.45. The van der Waals surface area contributed by atoms with Gasteiger partial charge in [0.05, 0.1) is 0 Å². The van der Waals surface area contributed by atoms with Crippen LogP contribution in [0.5, 0.6) is 0 Å². The van der Waals surface area contributed by atoms with E-state index in [1.54, 1.807) is 11.0 Å². The van der Waals surface area contributed by atoms with E-state index in [4.69, 9.17) is 4.52 Å². The van der Waals surface area contributed by atoms with Crippen LogP contribution in [0.2, 0.25) is 0 Å². The van der Waals surface area contributed by atoms with Gasteiger partial charge in [0.1, 0.15) is 11.8 Å². The van der Waals surface area contributed by atoms with Crippen molar-refractivity contribution < 1.29 is 14.1 Å². The summed E-state index contributed by atoms with van der Waals surface area (Å²) in [7, 11) is 0. The molecule has 1 aromatic carbocycles. The summed E-state index contributed by atoms with van der Waals surface area (Å²) in [5, 5.41) is 6.60. The SMILES string of the molecule is O=C(NC1CCN(Cc2ccccc2)C1=O)c1cc(C2CC2)on1. The molecule has 0 bridgehead atoms. The summed E-state index contributed by atoms with van der Waals surface area (Å²) in [5.74, 6) is 0.792. The van der Waals surface area contributed by atoms with Crippen molar-refractivity contribution in [3.8, 4) is 0 Å². The average Bonchev–Trinajstić information content (AvgIpc) is 3.24. The molecular formula is C18H19N3O3. The van der Waals surface area contributed by atoms with E-state index in [2.05, 4.69) is 10.5 Å². The minimum Gasteiger partial charge on any atom is -0.360 e. The van der Waals surface area contributed by atoms with Crippen LogP contribution < -0.4 is 5.32 Å². The Balaban J connectivity index is 1.36. The molecule has 1 aliphatic heterocycles. The summed E-state index contributed by atoms with van der Waals surface area (Å²) >= 11 is 0. The number of nitrogens with one attached hydrogen (secondary N) is 1. The van der Waals surface area contributed by atoms with E-state index in [-0.39, 0.29) is 17.5 Å². The molecule has 1 saturated heterocycles. The maximum atomic E-state index is 12.5. The molecule has 1 aliphatic carbocycles. The third-order valence-electron chi connectivity index (χ3n) is 4.56. The first-order valence-corrected chi connectivity index (χ1v) is 8.31. The molecule has 6 nitrogen and oxygen atoms in total. The molecule has 6 heteroatoms. The Labute approximate surface area is 139 Å². The molecule has 1 unspecified atom stereocenters. The number of carbonyl (C=O) groups excluding carboxylic acids is 2. The second kappa shape index (κ2) is 6.11. The molecule has 2 fully saturated rings. The first kappa shape index (κ1) is 14.9. The van der Waals surface area contributed by atoms with Gasteiger partial charge in [0, 0.05) is 25.1 Å². The van der Waals surface area contributed by atoms with E-state index in [0.29, 0.717) is 25.4 Å². The smallest absolute Gasteiger partial charge is 0.274 e. The Kier molecular flexibility index (Phi) is 3.80. The number of likely N-dealkylation sites (tertiary alicyclic amines) is 1. The Hall–Kier alpha value is -2.63. The number of hydrogen-bond acceptors (Lipinski definition) is 4. The largest absolute Gasteiger partial charge is 0.360 e. The van der Waals surface area contributed by atoms with Crippen molar-refractivity contribution in [3.63, 3.8) is 0 Å². The highest BCUT2D eigenvalue weighted by molar-refractivity contribution is 5.96. The normalized spacial score (nSPS) is 20.4. The van der Waals surface area contributed by atoms with Crippen LogP contribution in [0.3, 0.4) is 0 Å². The van der Waals surface area contributed by atoms with Crippen LogP contribution in [0, 0.1) is 0 Å². The monoisotopic (exact) mass is 325 g/mol. The maximum Gasteiger partial charge on any atom is 0.274 e. The molecule has 2 amide bonds. The van der Waals surface area contributed by atoms with Crippen molar-refractivity contribution in [2.24, 2.45) is 0 Å². The summed E-state index contributed by atoms with van der Waals surface area (Å²) < 4.78 is 5.19. The van der Waals surface area contributed by atoms with Gasteiger partial charge in [0.25, 0.3) is 5.91 Å². The van der Waals surface area contributed by atoms with E-state index < -0.39 is 6.04 Å². The van der Waals surface area contributed by atoms with E-state index >= 15 is 0 Å². The quantitative estimate of drug-likeness (QED) is 0.913. The van der Waals surface area contributed by atoms with Gasteiger partial charge >= 0.3 is 0 Å². The van der Waals surface area contributed by atoms with Crippen molar-refractivity contribution in [2.75, 3.05) is 6.54 Å². The lowest BCUT2D eigenvalue weighted by molar-refractivity contribution is -0.129. The number of amides is 2. The fourth-order valence-corrected chi connectivity index (χ4v) is 3.02. The minimum absolute atomic E-state index is 0.0434. The van der Waals surface area contributed by atoms with Gasteiger partial charge in [-0.15, -0.1) is 0 Å². The molecule has 2 aromatic rings. The summed E-state index contributed by atoms with van der Waals surface area (Å²) in [5.41, 5.74) is 1.34. The van der Waals surface area contributed by atoms with Gasteiger partial charge in [0.15, 0.2) is 5.69 Å². The Bertz CT molecular complexity index is 752. The van der Waals surface area contributed by atoms with Crippen LogP contribution in [0.1, 0.15) is 47.0 Å². The zero-order chi connectivity index (χ0) is 16.5. The lowest BCUT2D eigenvalue weighted by Crippen LogP contribution is -2.41. The lowest BCUT2D eigenvalue weighted by Gasteiger charge is -2.17. The van der Waals surface area contributed by atoms with Crippen molar-refractivity contribution in [1.29, 1.82) is 0 Å². The molecule has 1 N–H and O–H groups in total. The number of aromatic nitrogens is 1. The third kappa shape index (κ3) is 3.04. The van der Waals surface area contributed by atoms with Gasteiger partial charge < -0.3 is 14.7 Å². The number of carbonyl (C=O) groups is 2. The lowest BCUT2D eigenvalue weighted by atomic mass is 10.2. The highest BCUT2D eigenvalue weighted by atomic mass is 16.5. The number of benzene rings is 1.